The number of hydrogen-bond acceptors (Lipinski definition) is 4. The van der Waals surface area contributed by atoms with E-state index in [1.165, 1.54) is 4.57 Å². The number of aromatic nitrogens is 2. The number of carbonyl (C=O) groups is 2. The van der Waals surface area contributed by atoms with Gasteiger partial charge in [-0.2, -0.15) is 0 Å². The predicted molar refractivity (Wildman–Crippen MR) is 133 cm³/mol. The second-order valence-corrected chi connectivity index (χ2v) is 8.19. The monoisotopic (exact) mass is 454 g/mol. The van der Waals surface area contributed by atoms with Crippen LogP contribution in [0.3, 0.4) is 0 Å². The Morgan fingerprint density at radius 1 is 0.912 bits per heavy atom. The van der Waals surface area contributed by atoms with Gasteiger partial charge in [0, 0.05) is 12.1 Å². The van der Waals surface area contributed by atoms with Crippen LogP contribution < -0.4 is 16.2 Å². The molecular formula is C27H26N4O3. The summed E-state index contributed by atoms with van der Waals surface area (Å²) in [5.41, 5.74) is 3.69. The highest BCUT2D eigenvalue weighted by Gasteiger charge is 2.23. The lowest BCUT2D eigenvalue weighted by atomic mass is 10.0. The molecule has 0 saturated heterocycles. The minimum Gasteiger partial charge on any atom is -0.342 e. The van der Waals surface area contributed by atoms with Gasteiger partial charge in [0.25, 0.3) is 5.56 Å². The van der Waals surface area contributed by atoms with Crippen molar-refractivity contribution in [1.29, 1.82) is 0 Å². The molecule has 2 amide bonds. The van der Waals surface area contributed by atoms with Crippen molar-refractivity contribution in [2.45, 2.75) is 32.9 Å². The summed E-state index contributed by atoms with van der Waals surface area (Å²) in [5, 5.41) is 5.75. The third kappa shape index (κ3) is 5.20. The Balaban J connectivity index is 1.59. The van der Waals surface area contributed by atoms with Gasteiger partial charge in [-0.1, -0.05) is 60.7 Å². The van der Waals surface area contributed by atoms with Crippen molar-refractivity contribution in [2.75, 3.05) is 5.32 Å². The average Bonchev–Trinajstić information content (AvgIpc) is 2.83. The Labute approximate surface area is 197 Å². The van der Waals surface area contributed by atoms with Crippen LogP contribution in [0.2, 0.25) is 0 Å². The molecule has 0 saturated carbocycles. The first kappa shape index (κ1) is 22.9. The van der Waals surface area contributed by atoms with Crippen LogP contribution in [0.5, 0.6) is 0 Å². The predicted octanol–water partition coefficient (Wildman–Crippen LogP) is 3.38. The molecular weight excluding hydrogens is 428 g/mol. The maximum atomic E-state index is 13.2. The number of fused-ring (bicyclic) bond motifs is 1. The standard InChI is InChI=1S/C27H26N4O3/c1-18-10-6-7-13-21(18)30-26(33)23(16-20-11-4-3-5-12-20)29-25(32)17-31-24-15-9-8-14-22(24)28-19(2)27(31)34/h3-15,23H,16-17H2,1-2H3,(H,29,32)(H,30,33)/t23-/m0/s1. The van der Waals surface area contributed by atoms with Gasteiger partial charge in [0.15, 0.2) is 0 Å². The molecule has 1 aromatic heterocycles. The Morgan fingerprint density at radius 3 is 2.35 bits per heavy atom. The fourth-order valence-electron chi connectivity index (χ4n) is 3.85. The van der Waals surface area contributed by atoms with E-state index in [2.05, 4.69) is 15.6 Å². The largest absolute Gasteiger partial charge is 0.342 e. The molecule has 1 heterocycles. The first-order valence-corrected chi connectivity index (χ1v) is 11.1. The maximum absolute atomic E-state index is 13.2. The first-order chi connectivity index (χ1) is 16.4. The molecule has 4 rings (SSSR count). The van der Waals surface area contributed by atoms with Crippen molar-refractivity contribution < 1.29 is 9.59 Å². The molecule has 0 bridgehead atoms. The normalized spacial score (nSPS) is 11.7. The van der Waals surface area contributed by atoms with Crippen LogP contribution in [-0.2, 0) is 22.6 Å². The second-order valence-electron chi connectivity index (χ2n) is 8.19. The zero-order valence-electron chi connectivity index (χ0n) is 19.1. The molecule has 0 spiro atoms. The first-order valence-electron chi connectivity index (χ1n) is 11.1. The van der Waals surface area contributed by atoms with Crippen molar-refractivity contribution in [1.82, 2.24) is 14.9 Å². The molecule has 2 N–H and O–H groups in total. The van der Waals surface area contributed by atoms with E-state index in [-0.39, 0.29) is 18.0 Å². The Kier molecular flexibility index (Phi) is 6.82. The molecule has 172 valence electrons. The summed E-state index contributed by atoms with van der Waals surface area (Å²) >= 11 is 0. The van der Waals surface area contributed by atoms with Gasteiger partial charge in [-0.25, -0.2) is 4.98 Å². The summed E-state index contributed by atoms with van der Waals surface area (Å²) in [7, 11) is 0. The summed E-state index contributed by atoms with van der Waals surface area (Å²) in [6.07, 6.45) is 0.315. The Bertz CT molecular complexity index is 1400. The summed E-state index contributed by atoms with van der Waals surface area (Å²) in [4.78, 5) is 43.3. The number of benzene rings is 3. The molecule has 4 aromatic rings. The van der Waals surface area contributed by atoms with Crippen LogP contribution in [0.25, 0.3) is 11.0 Å². The molecule has 34 heavy (non-hydrogen) atoms. The third-order valence-electron chi connectivity index (χ3n) is 5.65. The third-order valence-corrected chi connectivity index (χ3v) is 5.65. The van der Waals surface area contributed by atoms with E-state index in [0.29, 0.717) is 28.8 Å². The zero-order chi connectivity index (χ0) is 24.1. The van der Waals surface area contributed by atoms with Crippen LogP contribution in [0, 0.1) is 13.8 Å². The molecule has 7 nitrogen and oxygen atoms in total. The summed E-state index contributed by atoms with van der Waals surface area (Å²) in [6, 6.07) is 23.3. The van der Waals surface area contributed by atoms with Gasteiger partial charge in [0.05, 0.1) is 11.0 Å². The summed E-state index contributed by atoms with van der Waals surface area (Å²) in [6.45, 7) is 3.31. The molecule has 0 unspecified atom stereocenters. The fraction of sp³-hybridized carbons (Fsp3) is 0.185. The second kappa shape index (κ2) is 10.1. The molecule has 1 atom stereocenters. The van der Waals surface area contributed by atoms with E-state index in [4.69, 9.17) is 0 Å². The van der Waals surface area contributed by atoms with Crippen molar-refractivity contribution in [3.8, 4) is 0 Å². The van der Waals surface area contributed by atoms with Gasteiger partial charge in [-0.05, 0) is 43.2 Å². The van der Waals surface area contributed by atoms with Gasteiger partial charge in [0.1, 0.15) is 18.3 Å². The number of amides is 2. The zero-order valence-corrected chi connectivity index (χ0v) is 19.1. The van der Waals surface area contributed by atoms with Gasteiger partial charge in [-0.15, -0.1) is 0 Å². The average molecular weight is 455 g/mol. The van der Waals surface area contributed by atoms with Crippen LogP contribution >= 0.6 is 0 Å². The van der Waals surface area contributed by atoms with Crippen LogP contribution in [0.15, 0.2) is 83.7 Å². The van der Waals surface area contributed by atoms with Crippen LogP contribution in [0.4, 0.5) is 5.69 Å². The maximum Gasteiger partial charge on any atom is 0.272 e. The van der Waals surface area contributed by atoms with E-state index < -0.39 is 11.9 Å². The number of nitrogens with one attached hydrogen (secondary N) is 2. The summed E-state index contributed by atoms with van der Waals surface area (Å²) < 4.78 is 1.39. The van der Waals surface area contributed by atoms with E-state index in [1.807, 2.05) is 67.6 Å². The van der Waals surface area contributed by atoms with Crippen molar-refractivity contribution >= 4 is 28.5 Å². The van der Waals surface area contributed by atoms with Crippen molar-refractivity contribution in [3.63, 3.8) is 0 Å². The van der Waals surface area contributed by atoms with Crippen LogP contribution in [0.1, 0.15) is 16.8 Å². The minimum atomic E-state index is -0.820. The molecule has 7 heteroatoms. The van der Waals surface area contributed by atoms with Gasteiger partial charge >= 0.3 is 0 Å². The topological polar surface area (TPSA) is 93.1 Å². The SMILES string of the molecule is Cc1ccccc1NC(=O)[C@H](Cc1ccccc1)NC(=O)Cn1c(=O)c(C)nc2ccccc21. The highest BCUT2D eigenvalue weighted by atomic mass is 16.2. The Hall–Kier alpha value is -4.26. The fourth-order valence-corrected chi connectivity index (χ4v) is 3.85. The highest BCUT2D eigenvalue weighted by molar-refractivity contribution is 5.98. The number of nitrogens with zero attached hydrogens (tertiary/aromatic N) is 2. The van der Waals surface area contributed by atoms with E-state index in [0.717, 1.165) is 11.1 Å². The number of carbonyl (C=O) groups excluding carboxylic acids is 2. The van der Waals surface area contributed by atoms with Gasteiger partial charge in [-0.3, -0.25) is 19.0 Å². The highest BCUT2D eigenvalue weighted by Crippen LogP contribution is 2.15. The number of hydrogen-bond donors (Lipinski definition) is 2. The lowest BCUT2D eigenvalue weighted by molar-refractivity contribution is -0.126. The number of anilines is 1. The molecule has 3 aromatic carbocycles. The van der Waals surface area contributed by atoms with E-state index in [9.17, 15) is 14.4 Å². The molecule has 0 fully saturated rings. The molecule has 0 radical (unpaired) electrons. The van der Waals surface area contributed by atoms with E-state index in [1.54, 1.807) is 25.1 Å². The quantitative estimate of drug-likeness (QED) is 0.448. The van der Waals surface area contributed by atoms with Crippen molar-refractivity contribution in [3.05, 3.63) is 106 Å². The lowest BCUT2D eigenvalue weighted by Crippen LogP contribution is -2.47. The van der Waals surface area contributed by atoms with Crippen molar-refractivity contribution in [2.24, 2.45) is 0 Å². The van der Waals surface area contributed by atoms with E-state index >= 15 is 0 Å². The minimum absolute atomic E-state index is 0.217. The molecule has 0 aliphatic rings. The number of aryl methyl sites for hydroxylation is 2. The number of para-hydroxylation sites is 3. The number of rotatable bonds is 7. The lowest BCUT2D eigenvalue weighted by Gasteiger charge is -2.20. The van der Waals surface area contributed by atoms with Gasteiger partial charge < -0.3 is 10.6 Å². The smallest absolute Gasteiger partial charge is 0.272 e. The Morgan fingerprint density at radius 2 is 1.59 bits per heavy atom. The van der Waals surface area contributed by atoms with Crippen LogP contribution in [-0.4, -0.2) is 27.4 Å². The molecule has 0 aliphatic heterocycles. The molecule has 0 aliphatic carbocycles. The van der Waals surface area contributed by atoms with Gasteiger partial charge in [0.2, 0.25) is 11.8 Å². The summed E-state index contributed by atoms with van der Waals surface area (Å²) in [5.74, 6) is -0.756.